The van der Waals surface area contributed by atoms with Crippen molar-refractivity contribution >= 4 is 16.9 Å². The summed E-state index contributed by atoms with van der Waals surface area (Å²) in [6.07, 6.45) is -12.2. The Labute approximate surface area is 217 Å². The molecular formula is C26H21F6N2O5-. The number of halogens is 6. The van der Waals surface area contributed by atoms with Gasteiger partial charge in [0.25, 0.3) is 5.91 Å². The van der Waals surface area contributed by atoms with E-state index in [1.165, 1.54) is 4.90 Å². The first kappa shape index (κ1) is 27.2. The van der Waals surface area contributed by atoms with Gasteiger partial charge in [0.05, 0.1) is 24.8 Å². The van der Waals surface area contributed by atoms with E-state index in [1.54, 1.807) is 6.07 Å². The molecule has 1 saturated heterocycles. The van der Waals surface area contributed by atoms with Gasteiger partial charge in [0.15, 0.2) is 0 Å². The summed E-state index contributed by atoms with van der Waals surface area (Å²) in [6, 6.07) is 7.61. The predicted octanol–water partition coefficient (Wildman–Crippen LogP) is 3.33. The SMILES string of the molecule is O=C(c1ccc(C([O-])(C(F)(F)F)C(F)(F)F)cc1)N1CCc2c(c(=O)oc3cc(C4CNCCO4)ccc23)C1. The molecule has 2 aliphatic rings. The van der Waals surface area contributed by atoms with E-state index < -0.39 is 35.0 Å². The quantitative estimate of drug-likeness (QED) is 0.394. The van der Waals surface area contributed by atoms with E-state index in [2.05, 4.69) is 5.32 Å². The van der Waals surface area contributed by atoms with Crippen LogP contribution in [0.3, 0.4) is 0 Å². The summed E-state index contributed by atoms with van der Waals surface area (Å²) < 4.78 is 89.8. The molecule has 208 valence electrons. The summed E-state index contributed by atoms with van der Waals surface area (Å²) in [5, 5.41) is 15.8. The average Bonchev–Trinajstić information content (AvgIpc) is 2.91. The van der Waals surface area contributed by atoms with E-state index in [1.807, 2.05) is 12.1 Å². The van der Waals surface area contributed by atoms with Crippen molar-refractivity contribution in [2.75, 3.05) is 26.2 Å². The fourth-order valence-electron chi connectivity index (χ4n) is 4.95. The first-order valence-electron chi connectivity index (χ1n) is 12.0. The zero-order valence-electron chi connectivity index (χ0n) is 20.1. The minimum atomic E-state index is -6.15. The van der Waals surface area contributed by atoms with Crippen molar-refractivity contribution < 1.29 is 45.4 Å². The second kappa shape index (κ2) is 9.65. The van der Waals surface area contributed by atoms with Gasteiger partial charge in [-0.25, -0.2) is 4.79 Å². The largest absolute Gasteiger partial charge is 0.833 e. The van der Waals surface area contributed by atoms with Gasteiger partial charge in [0.2, 0.25) is 0 Å². The molecule has 13 heteroatoms. The number of alkyl halides is 6. The zero-order valence-corrected chi connectivity index (χ0v) is 20.1. The molecule has 5 rings (SSSR count). The molecule has 39 heavy (non-hydrogen) atoms. The number of fused-ring (bicyclic) bond motifs is 3. The maximum Gasteiger partial charge on any atom is 0.392 e. The summed E-state index contributed by atoms with van der Waals surface area (Å²) in [6.45, 7) is 1.88. The van der Waals surface area contributed by atoms with E-state index in [-0.39, 0.29) is 36.7 Å². The summed E-state index contributed by atoms with van der Waals surface area (Å²) in [7, 11) is 0. The predicted molar refractivity (Wildman–Crippen MR) is 123 cm³/mol. The first-order chi connectivity index (χ1) is 18.3. The number of ether oxygens (including phenoxy) is 1. The minimum absolute atomic E-state index is 0.139. The molecule has 3 heterocycles. The van der Waals surface area contributed by atoms with Crippen LogP contribution in [0.5, 0.6) is 0 Å². The highest BCUT2D eigenvalue weighted by atomic mass is 19.4. The van der Waals surface area contributed by atoms with Crippen LogP contribution in [-0.4, -0.2) is 49.4 Å². The fourth-order valence-corrected chi connectivity index (χ4v) is 4.95. The molecule has 0 aliphatic carbocycles. The topological polar surface area (TPSA) is 94.8 Å². The van der Waals surface area contributed by atoms with Crippen LogP contribution in [0.2, 0.25) is 0 Å². The number of morpholine rings is 1. The lowest BCUT2D eigenvalue weighted by Gasteiger charge is -2.43. The van der Waals surface area contributed by atoms with Gasteiger partial charge in [0, 0.05) is 30.6 Å². The van der Waals surface area contributed by atoms with Gasteiger partial charge in [-0.2, -0.15) is 26.3 Å². The molecule has 0 bridgehead atoms. The van der Waals surface area contributed by atoms with Gasteiger partial charge in [0.1, 0.15) is 11.2 Å². The number of hydrogen-bond acceptors (Lipinski definition) is 6. The third kappa shape index (κ3) is 4.68. The maximum atomic E-state index is 13.1. The molecule has 1 atom stereocenters. The Bertz CT molecular complexity index is 1450. The van der Waals surface area contributed by atoms with Crippen LogP contribution in [0.25, 0.3) is 11.0 Å². The molecule has 2 aliphatic heterocycles. The summed E-state index contributed by atoms with van der Waals surface area (Å²) in [5.74, 6) is -0.723. The number of carbonyl (C=O) groups excluding carboxylic acids is 1. The lowest BCUT2D eigenvalue weighted by atomic mass is 9.91. The van der Waals surface area contributed by atoms with Crippen LogP contribution in [0, 0.1) is 0 Å². The van der Waals surface area contributed by atoms with E-state index in [0.717, 1.165) is 24.2 Å². The number of rotatable bonds is 3. The Morgan fingerprint density at radius 2 is 1.69 bits per heavy atom. The first-order valence-corrected chi connectivity index (χ1v) is 12.0. The maximum absolute atomic E-state index is 13.1. The van der Waals surface area contributed by atoms with E-state index in [0.29, 0.717) is 41.8 Å². The van der Waals surface area contributed by atoms with Gasteiger partial charge >= 0.3 is 18.0 Å². The average molecular weight is 555 g/mol. The Kier molecular flexibility index (Phi) is 6.72. The smallest absolute Gasteiger partial charge is 0.392 e. The van der Waals surface area contributed by atoms with Crippen molar-refractivity contribution in [3.05, 3.63) is 80.7 Å². The third-order valence-corrected chi connectivity index (χ3v) is 7.05. The minimum Gasteiger partial charge on any atom is -0.833 e. The highest BCUT2D eigenvalue weighted by Gasteiger charge is 2.63. The van der Waals surface area contributed by atoms with Gasteiger partial charge in [-0.1, -0.05) is 24.3 Å². The Balaban J connectivity index is 1.39. The molecule has 0 spiro atoms. The number of nitrogens with zero attached hydrogens (tertiary/aromatic N) is 1. The van der Waals surface area contributed by atoms with Gasteiger partial charge < -0.3 is 24.5 Å². The van der Waals surface area contributed by atoms with Gasteiger partial charge in [-0.15, -0.1) is 0 Å². The summed E-state index contributed by atoms with van der Waals surface area (Å²) in [5.41, 5.74) is -5.67. The van der Waals surface area contributed by atoms with Crippen LogP contribution in [0.1, 0.15) is 38.7 Å². The van der Waals surface area contributed by atoms with Crippen LogP contribution in [0.15, 0.2) is 51.7 Å². The Hall–Kier alpha value is -3.42. The lowest BCUT2D eigenvalue weighted by molar-refractivity contribution is -0.604. The highest BCUT2D eigenvalue weighted by molar-refractivity contribution is 5.94. The fraction of sp³-hybridized carbons (Fsp3) is 0.385. The normalized spacial score (nSPS) is 18.7. The van der Waals surface area contributed by atoms with Crippen LogP contribution in [0.4, 0.5) is 26.3 Å². The molecule has 2 aromatic carbocycles. The zero-order chi connectivity index (χ0) is 28.2. The molecule has 0 radical (unpaired) electrons. The molecule has 1 fully saturated rings. The van der Waals surface area contributed by atoms with Crippen molar-refractivity contribution in [1.29, 1.82) is 0 Å². The van der Waals surface area contributed by atoms with Crippen LogP contribution < -0.4 is 16.0 Å². The molecule has 1 aromatic heterocycles. The number of amides is 1. The molecule has 1 unspecified atom stereocenters. The Morgan fingerprint density at radius 3 is 2.31 bits per heavy atom. The highest BCUT2D eigenvalue weighted by Crippen LogP contribution is 2.47. The van der Waals surface area contributed by atoms with E-state index >= 15 is 0 Å². The molecule has 3 aromatic rings. The van der Waals surface area contributed by atoms with Crippen molar-refractivity contribution in [1.82, 2.24) is 10.2 Å². The molecule has 1 amide bonds. The molecular weight excluding hydrogens is 534 g/mol. The van der Waals surface area contributed by atoms with Gasteiger partial charge in [-0.3, -0.25) is 4.79 Å². The third-order valence-electron chi connectivity index (χ3n) is 7.05. The summed E-state index contributed by atoms with van der Waals surface area (Å²) in [4.78, 5) is 27.1. The summed E-state index contributed by atoms with van der Waals surface area (Å²) >= 11 is 0. The molecule has 0 saturated carbocycles. The number of nitrogens with one attached hydrogen (secondary N) is 1. The standard InChI is InChI=1S/C26H21F6N2O5/c27-25(28,29)24(37,26(30,31)32)16-4-1-14(2-5-16)22(35)34-9-7-17-18-6-3-15(21-12-33-8-10-38-21)11-20(18)39-23(36)19(17)13-34/h1-6,11,21,33H,7-10,12-13H2/q-1. The second-order valence-electron chi connectivity index (χ2n) is 9.40. The van der Waals surface area contributed by atoms with Crippen molar-refractivity contribution in [2.24, 2.45) is 0 Å². The number of benzene rings is 2. The van der Waals surface area contributed by atoms with Crippen molar-refractivity contribution in [3.63, 3.8) is 0 Å². The molecule has 7 nitrogen and oxygen atoms in total. The van der Waals surface area contributed by atoms with Crippen molar-refractivity contribution in [2.45, 2.75) is 37.0 Å². The molecule has 1 N–H and O–H groups in total. The number of carbonyl (C=O) groups is 1. The van der Waals surface area contributed by atoms with Gasteiger partial charge in [-0.05, 0) is 41.3 Å². The monoisotopic (exact) mass is 555 g/mol. The lowest BCUT2D eigenvalue weighted by Crippen LogP contribution is -2.63. The number of hydrogen-bond donors (Lipinski definition) is 1. The van der Waals surface area contributed by atoms with Crippen LogP contribution >= 0.6 is 0 Å². The van der Waals surface area contributed by atoms with E-state index in [4.69, 9.17) is 9.15 Å². The Morgan fingerprint density at radius 1 is 1.00 bits per heavy atom. The van der Waals surface area contributed by atoms with E-state index in [9.17, 15) is 41.0 Å². The second-order valence-corrected chi connectivity index (χ2v) is 9.40. The van der Waals surface area contributed by atoms with Crippen LogP contribution in [-0.2, 0) is 23.3 Å². The van der Waals surface area contributed by atoms with Crippen molar-refractivity contribution in [3.8, 4) is 0 Å².